The van der Waals surface area contributed by atoms with Crippen LogP contribution in [0, 0.1) is 0 Å². The van der Waals surface area contributed by atoms with Crippen molar-refractivity contribution < 1.29 is 73.8 Å². The maximum absolute atomic E-state index is 13.1. The van der Waals surface area contributed by atoms with Gasteiger partial charge < -0.3 is 64.2 Å². The first-order valence-electron chi connectivity index (χ1n) is 28.9. The second kappa shape index (κ2) is 45.2. The first-order chi connectivity index (χ1) is 36.0. The molecule has 0 saturated carbocycles. The summed E-state index contributed by atoms with van der Waals surface area (Å²) in [6, 6.07) is 0. The van der Waals surface area contributed by atoms with Crippen LogP contribution in [0.25, 0.3) is 0 Å². The number of carbonyl (C=O) groups excluding carboxylic acids is 2. The quantitative estimate of drug-likeness (QED) is 0.0171. The van der Waals surface area contributed by atoms with Gasteiger partial charge in [-0.15, -0.1) is 0 Å². The zero-order valence-electron chi connectivity index (χ0n) is 45.6. The van der Waals surface area contributed by atoms with E-state index < -0.39 is 99.3 Å². The molecule has 0 aromatic heterocycles. The summed E-state index contributed by atoms with van der Waals surface area (Å²) < 4.78 is 33.7. The van der Waals surface area contributed by atoms with Gasteiger partial charge in [0.2, 0.25) is 0 Å². The van der Waals surface area contributed by atoms with Gasteiger partial charge in [0.15, 0.2) is 18.7 Å². The van der Waals surface area contributed by atoms with Crippen molar-refractivity contribution in [3.8, 4) is 0 Å². The number of rotatable bonds is 45. The fourth-order valence-electron chi connectivity index (χ4n) is 8.72. The molecular formula is C59H102O15. The van der Waals surface area contributed by atoms with Crippen LogP contribution in [0.2, 0.25) is 0 Å². The molecule has 15 nitrogen and oxygen atoms in total. The summed E-state index contributed by atoms with van der Waals surface area (Å²) in [5.41, 5.74) is 0. The van der Waals surface area contributed by atoms with E-state index in [0.29, 0.717) is 12.8 Å². The normalized spacial score (nSPS) is 25.1. The van der Waals surface area contributed by atoms with Crippen molar-refractivity contribution in [2.24, 2.45) is 0 Å². The number of aliphatic hydroxyl groups is 7. The molecule has 0 radical (unpaired) electrons. The number of carbonyl (C=O) groups is 2. The third kappa shape index (κ3) is 32.1. The summed E-state index contributed by atoms with van der Waals surface area (Å²) in [7, 11) is 0. The van der Waals surface area contributed by atoms with E-state index in [4.69, 9.17) is 28.4 Å². The molecule has 2 saturated heterocycles. The zero-order chi connectivity index (χ0) is 53.9. The minimum atomic E-state index is -1.77. The standard InChI is InChI=1S/C59H102O15/c1-3-5-7-9-11-13-15-17-19-21-23-25-27-29-31-33-35-37-39-41-50(61)69-44-47(72-51(62)42-40-38-36-34-32-30-28-26-24-22-20-18-16-14-12-10-8-6-4-2)45-70-58-57(68)55(66)53(64)49(74-58)46-71-59-56(67)54(65)52(63)48(43-60)73-59/h11-14,17-20,24,26,47-49,52-60,63-68H,3-10,15-16,21-23,25,27-46H2,1-2H3/b13-11-,14-12-,19-17-,20-18-,26-24-. The monoisotopic (exact) mass is 1050 g/mol. The molecule has 0 aliphatic carbocycles. The Morgan fingerprint density at radius 1 is 0.432 bits per heavy atom. The van der Waals surface area contributed by atoms with E-state index in [9.17, 15) is 45.3 Å². The van der Waals surface area contributed by atoms with Crippen LogP contribution in [0.5, 0.6) is 0 Å². The molecule has 2 rings (SSSR count). The van der Waals surface area contributed by atoms with Crippen molar-refractivity contribution in [2.45, 2.75) is 274 Å². The predicted molar refractivity (Wildman–Crippen MR) is 289 cm³/mol. The van der Waals surface area contributed by atoms with Gasteiger partial charge in [-0.3, -0.25) is 9.59 Å². The van der Waals surface area contributed by atoms with Crippen molar-refractivity contribution in [1.82, 2.24) is 0 Å². The van der Waals surface area contributed by atoms with Crippen LogP contribution >= 0.6 is 0 Å². The molecule has 11 atom stereocenters. The highest BCUT2D eigenvalue weighted by molar-refractivity contribution is 5.70. The maximum Gasteiger partial charge on any atom is 0.306 e. The average molecular weight is 1050 g/mol. The van der Waals surface area contributed by atoms with Crippen molar-refractivity contribution in [3.05, 3.63) is 60.8 Å². The Bertz CT molecular complexity index is 1520. The number of ether oxygens (including phenoxy) is 6. The lowest BCUT2D eigenvalue weighted by molar-refractivity contribution is -0.332. The molecule has 11 unspecified atom stereocenters. The minimum Gasteiger partial charge on any atom is -0.462 e. The molecule has 0 bridgehead atoms. The molecule has 15 heteroatoms. The van der Waals surface area contributed by atoms with Gasteiger partial charge in [-0.05, 0) is 83.5 Å². The van der Waals surface area contributed by atoms with Crippen molar-refractivity contribution in [2.75, 3.05) is 26.4 Å². The number of unbranched alkanes of at least 4 members (excludes halogenated alkanes) is 21. The van der Waals surface area contributed by atoms with Gasteiger partial charge in [-0.2, -0.15) is 0 Å². The molecular weight excluding hydrogens is 949 g/mol. The van der Waals surface area contributed by atoms with E-state index in [0.717, 1.165) is 83.5 Å². The minimum absolute atomic E-state index is 0.148. The van der Waals surface area contributed by atoms with Gasteiger partial charge in [0, 0.05) is 12.8 Å². The Morgan fingerprint density at radius 2 is 0.811 bits per heavy atom. The summed E-state index contributed by atoms with van der Waals surface area (Å²) >= 11 is 0. The van der Waals surface area contributed by atoms with Crippen molar-refractivity contribution >= 4 is 11.9 Å². The van der Waals surface area contributed by atoms with Crippen LogP contribution < -0.4 is 0 Å². The Balaban J connectivity index is 1.77. The van der Waals surface area contributed by atoms with E-state index in [-0.39, 0.29) is 19.4 Å². The van der Waals surface area contributed by atoms with E-state index in [2.05, 4.69) is 74.6 Å². The van der Waals surface area contributed by atoms with Gasteiger partial charge in [-0.25, -0.2) is 0 Å². The third-order valence-corrected chi connectivity index (χ3v) is 13.5. The second-order valence-electron chi connectivity index (χ2n) is 20.1. The number of esters is 2. The number of hydrogen-bond donors (Lipinski definition) is 7. The van der Waals surface area contributed by atoms with Crippen molar-refractivity contribution in [1.29, 1.82) is 0 Å². The highest BCUT2D eigenvalue weighted by Crippen LogP contribution is 2.26. The Labute approximate surface area is 445 Å². The summed E-state index contributed by atoms with van der Waals surface area (Å²) in [6.45, 7) is 2.54. The fraction of sp³-hybridized carbons (Fsp3) is 0.797. The van der Waals surface area contributed by atoms with Crippen LogP contribution in [0.4, 0.5) is 0 Å². The van der Waals surface area contributed by atoms with Gasteiger partial charge in [-0.1, -0.05) is 171 Å². The maximum atomic E-state index is 13.1. The molecule has 2 fully saturated rings. The Kier molecular flexibility index (Phi) is 41.2. The van der Waals surface area contributed by atoms with E-state index >= 15 is 0 Å². The SMILES string of the molecule is CCCCC/C=C\C/C=C\C/C=C\CCCCCCCCC(=O)OC(COC(=O)CCCCCCCCCCC/C=C\C/C=C\CCCCC)COC1OC(COC2OC(CO)C(O)C(O)C2O)C(O)C(O)C1O. The van der Waals surface area contributed by atoms with Gasteiger partial charge in [0.1, 0.15) is 55.4 Å². The molecule has 2 aliphatic rings. The first kappa shape index (κ1) is 67.3. The second-order valence-corrected chi connectivity index (χ2v) is 20.1. The van der Waals surface area contributed by atoms with Crippen LogP contribution in [0.1, 0.15) is 206 Å². The molecule has 0 aromatic carbocycles. The van der Waals surface area contributed by atoms with Gasteiger partial charge in [0.05, 0.1) is 19.8 Å². The highest BCUT2D eigenvalue weighted by atomic mass is 16.7. The number of aliphatic hydroxyl groups excluding tert-OH is 7. The molecule has 0 amide bonds. The molecule has 74 heavy (non-hydrogen) atoms. The summed E-state index contributed by atoms with van der Waals surface area (Å²) in [5, 5.41) is 72.3. The Morgan fingerprint density at radius 3 is 1.27 bits per heavy atom. The lowest BCUT2D eigenvalue weighted by Gasteiger charge is -2.42. The van der Waals surface area contributed by atoms with Gasteiger partial charge in [0.25, 0.3) is 0 Å². The molecule has 2 aliphatic heterocycles. The molecule has 2 heterocycles. The summed E-state index contributed by atoms with van der Waals surface area (Å²) in [5.74, 6) is -0.943. The van der Waals surface area contributed by atoms with Gasteiger partial charge >= 0.3 is 11.9 Å². The average Bonchev–Trinajstić information content (AvgIpc) is 3.39. The van der Waals surface area contributed by atoms with Crippen LogP contribution in [-0.4, -0.2) is 142 Å². The van der Waals surface area contributed by atoms with E-state index in [1.54, 1.807) is 0 Å². The number of hydrogen-bond acceptors (Lipinski definition) is 15. The molecule has 428 valence electrons. The Hall–Kier alpha value is -2.80. The van der Waals surface area contributed by atoms with Crippen molar-refractivity contribution in [3.63, 3.8) is 0 Å². The summed E-state index contributed by atoms with van der Waals surface area (Å²) in [4.78, 5) is 25.9. The van der Waals surface area contributed by atoms with Crippen LogP contribution in [-0.2, 0) is 38.0 Å². The van der Waals surface area contributed by atoms with Crippen LogP contribution in [0.15, 0.2) is 60.8 Å². The largest absolute Gasteiger partial charge is 0.462 e. The summed E-state index contributed by atoms with van der Waals surface area (Å²) in [6.07, 6.45) is 36.6. The third-order valence-electron chi connectivity index (χ3n) is 13.5. The molecule has 7 N–H and O–H groups in total. The molecule has 0 aromatic rings. The first-order valence-corrected chi connectivity index (χ1v) is 28.9. The fourth-order valence-corrected chi connectivity index (χ4v) is 8.72. The predicted octanol–water partition coefficient (Wildman–Crippen LogP) is 9.61. The highest BCUT2D eigenvalue weighted by Gasteiger charge is 2.47. The molecule has 0 spiro atoms. The smallest absolute Gasteiger partial charge is 0.306 e. The van der Waals surface area contributed by atoms with E-state index in [1.165, 1.54) is 83.5 Å². The lowest BCUT2D eigenvalue weighted by atomic mass is 9.98. The lowest BCUT2D eigenvalue weighted by Crippen LogP contribution is -2.61. The number of allylic oxidation sites excluding steroid dienone is 10. The zero-order valence-corrected chi connectivity index (χ0v) is 45.6. The van der Waals surface area contributed by atoms with Crippen LogP contribution in [0.3, 0.4) is 0 Å². The topological polar surface area (TPSA) is 231 Å². The van der Waals surface area contributed by atoms with E-state index in [1.807, 2.05) is 0 Å².